The number of pyridine rings is 1. The van der Waals surface area contributed by atoms with E-state index in [0.717, 1.165) is 51.3 Å². The number of carbonyl (C=O) groups excluding carboxylic acids is 1. The molecule has 0 atom stereocenters. The second kappa shape index (κ2) is 11.2. The number of piperidine rings is 1. The van der Waals surface area contributed by atoms with E-state index in [1.165, 1.54) is 10.6 Å². The third-order valence-corrected chi connectivity index (χ3v) is 8.07. The molecule has 2 aliphatic heterocycles. The molecule has 11 heteroatoms. The summed E-state index contributed by atoms with van der Waals surface area (Å²) < 4.78 is 16.9. The first-order valence-electron chi connectivity index (χ1n) is 14.1. The number of benzene rings is 1. The van der Waals surface area contributed by atoms with E-state index >= 15 is 0 Å². The molecule has 220 valence electrons. The molecule has 2 saturated heterocycles. The van der Waals surface area contributed by atoms with Crippen LogP contribution in [0.5, 0.6) is 5.75 Å². The van der Waals surface area contributed by atoms with Crippen LogP contribution in [0.15, 0.2) is 41.1 Å². The van der Waals surface area contributed by atoms with Gasteiger partial charge in [-0.1, -0.05) is 5.16 Å². The van der Waals surface area contributed by atoms with Gasteiger partial charge in [0.05, 0.1) is 12.8 Å². The van der Waals surface area contributed by atoms with Crippen molar-refractivity contribution in [2.75, 3.05) is 68.6 Å². The maximum absolute atomic E-state index is 12.7. The lowest BCUT2D eigenvalue weighted by Gasteiger charge is -2.53. The molecule has 0 unspecified atom stereocenters. The third kappa shape index (κ3) is 6.24. The normalized spacial score (nSPS) is 17.5. The third-order valence-electron chi connectivity index (χ3n) is 8.07. The molecule has 0 saturated carbocycles. The second-order valence-corrected chi connectivity index (χ2v) is 12.1. The molecule has 0 N–H and O–H groups in total. The number of hydrogen-bond donors (Lipinski definition) is 0. The van der Waals surface area contributed by atoms with Crippen LogP contribution in [0.2, 0.25) is 0 Å². The number of carbonyl (C=O) groups is 1. The number of rotatable bonds is 5. The van der Waals surface area contributed by atoms with E-state index in [2.05, 4.69) is 44.0 Å². The monoisotopic (exact) mass is 563 g/mol. The molecule has 4 heterocycles. The molecule has 0 aliphatic carbocycles. The highest BCUT2D eigenvalue weighted by molar-refractivity contribution is 5.88. The Kier molecular flexibility index (Phi) is 7.83. The van der Waals surface area contributed by atoms with Crippen molar-refractivity contribution in [3.63, 3.8) is 0 Å². The lowest BCUT2D eigenvalue weighted by molar-refractivity contribution is 0.0589. The smallest absolute Gasteiger partial charge is 0.414 e. The summed E-state index contributed by atoms with van der Waals surface area (Å²) in [6, 6.07) is 10.2. The molecule has 2 aliphatic rings. The molecule has 41 heavy (non-hydrogen) atoms. The van der Waals surface area contributed by atoms with E-state index in [0.29, 0.717) is 28.8 Å². The van der Waals surface area contributed by atoms with E-state index in [4.69, 9.17) is 19.0 Å². The number of ether oxygens (including phenoxy) is 2. The summed E-state index contributed by atoms with van der Waals surface area (Å²) in [5.41, 5.74) is 2.99. The zero-order valence-electron chi connectivity index (χ0n) is 25.2. The van der Waals surface area contributed by atoms with Crippen LogP contribution in [0.1, 0.15) is 39.3 Å². The molecule has 2 aromatic heterocycles. The van der Waals surface area contributed by atoms with Crippen molar-refractivity contribution in [3.05, 3.63) is 42.2 Å². The number of anilines is 3. The Morgan fingerprint density at radius 2 is 1.83 bits per heavy atom. The average molecular weight is 564 g/mol. The Bertz CT molecular complexity index is 1380. The maximum atomic E-state index is 12.7. The van der Waals surface area contributed by atoms with Gasteiger partial charge in [0.25, 0.3) is 0 Å². The van der Waals surface area contributed by atoms with E-state index in [-0.39, 0.29) is 5.54 Å². The number of methoxy groups -OCH3 is 1. The Hall–Kier alpha value is -3.86. The number of piperazine rings is 1. The summed E-state index contributed by atoms with van der Waals surface area (Å²) in [6.45, 7) is 12.0. The minimum atomic E-state index is -0.607. The van der Waals surface area contributed by atoms with Crippen LogP contribution < -0.4 is 19.4 Å². The van der Waals surface area contributed by atoms with Crippen molar-refractivity contribution < 1.29 is 18.8 Å². The second-order valence-electron chi connectivity index (χ2n) is 12.1. The highest BCUT2D eigenvalue weighted by atomic mass is 16.6. The van der Waals surface area contributed by atoms with E-state index in [9.17, 15) is 4.79 Å². The largest absolute Gasteiger partial charge is 0.497 e. The lowest BCUT2D eigenvalue weighted by atomic mass is 9.83. The number of amides is 1. The SMILES string of the molecule is COc1cc(-c2noc(N3CCN(C)C4(CCN(c5ccnc(C)c5)CC4)C3)n2)cc(N(C)C(=O)OC(C)(C)C)c1. The zero-order chi connectivity index (χ0) is 29.4. The van der Waals surface area contributed by atoms with Crippen molar-refractivity contribution in [2.45, 2.75) is 51.7 Å². The number of aromatic nitrogens is 3. The van der Waals surface area contributed by atoms with Crippen LogP contribution >= 0.6 is 0 Å². The molecule has 1 aromatic carbocycles. The molecule has 1 amide bonds. The fourth-order valence-corrected chi connectivity index (χ4v) is 5.60. The average Bonchev–Trinajstić information content (AvgIpc) is 3.44. The topological polar surface area (TPSA) is 100 Å². The Morgan fingerprint density at radius 3 is 2.51 bits per heavy atom. The van der Waals surface area contributed by atoms with Gasteiger partial charge in [-0.2, -0.15) is 4.98 Å². The number of hydrogen-bond acceptors (Lipinski definition) is 10. The standard InChI is InChI=1S/C30H41N7O4/c1-21-16-23(8-11-31-21)36-12-9-30(10-13-36)20-37(15-14-34(30)5)27-32-26(33-41-27)22-17-24(19-25(18-22)39-7)35(6)28(38)40-29(2,3)4/h8,11,16-19H,9-10,12-15,20H2,1-7H3. The van der Waals surface area contributed by atoms with Crippen molar-refractivity contribution in [1.82, 2.24) is 20.0 Å². The molecule has 3 aromatic rings. The van der Waals surface area contributed by atoms with E-state index in [1.807, 2.05) is 46.0 Å². The van der Waals surface area contributed by atoms with Gasteiger partial charge < -0.3 is 23.8 Å². The Balaban J connectivity index is 1.32. The van der Waals surface area contributed by atoms with Gasteiger partial charge in [0.15, 0.2) is 0 Å². The number of likely N-dealkylation sites (N-methyl/N-ethyl adjacent to an activating group) is 1. The quantitative estimate of drug-likeness (QED) is 0.437. The summed E-state index contributed by atoms with van der Waals surface area (Å²) in [4.78, 5) is 30.4. The first kappa shape index (κ1) is 28.7. The van der Waals surface area contributed by atoms with Gasteiger partial charge in [0.1, 0.15) is 11.4 Å². The predicted octanol–water partition coefficient (Wildman–Crippen LogP) is 4.61. The summed E-state index contributed by atoms with van der Waals surface area (Å²) >= 11 is 0. The fraction of sp³-hybridized carbons (Fsp3) is 0.533. The van der Waals surface area contributed by atoms with Crippen molar-refractivity contribution in [3.8, 4) is 17.1 Å². The molecule has 5 rings (SSSR count). The Labute approximate surface area is 242 Å². The summed E-state index contributed by atoms with van der Waals surface area (Å²) in [5, 5.41) is 4.31. The molecular formula is C30H41N7O4. The van der Waals surface area contributed by atoms with Gasteiger partial charge in [0, 0.05) is 74.5 Å². The van der Waals surface area contributed by atoms with Gasteiger partial charge in [-0.05, 0) is 71.8 Å². The van der Waals surface area contributed by atoms with Gasteiger partial charge in [-0.3, -0.25) is 14.8 Å². The minimum Gasteiger partial charge on any atom is -0.497 e. The van der Waals surface area contributed by atoms with E-state index in [1.54, 1.807) is 20.2 Å². The predicted molar refractivity (Wildman–Crippen MR) is 159 cm³/mol. The summed E-state index contributed by atoms with van der Waals surface area (Å²) in [6.07, 6.45) is 3.51. The highest BCUT2D eigenvalue weighted by Crippen LogP contribution is 2.36. The molecular weight excluding hydrogens is 522 g/mol. The van der Waals surface area contributed by atoms with Crippen molar-refractivity contribution in [2.24, 2.45) is 0 Å². The van der Waals surface area contributed by atoms with Gasteiger partial charge in [-0.25, -0.2) is 4.79 Å². The maximum Gasteiger partial charge on any atom is 0.414 e. The van der Waals surface area contributed by atoms with Crippen LogP contribution in [-0.4, -0.2) is 91.2 Å². The van der Waals surface area contributed by atoms with Crippen LogP contribution in [0, 0.1) is 6.92 Å². The van der Waals surface area contributed by atoms with Gasteiger partial charge in [0.2, 0.25) is 5.82 Å². The van der Waals surface area contributed by atoms with E-state index < -0.39 is 11.7 Å². The van der Waals surface area contributed by atoms with Gasteiger partial charge in [-0.15, -0.1) is 0 Å². The zero-order valence-corrected chi connectivity index (χ0v) is 25.2. The molecule has 1 spiro atoms. The summed E-state index contributed by atoms with van der Waals surface area (Å²) in [7, 11) is 5.48. The molecule has 11 nitrogen and oxygen atoms in total. The first-order chi connectivity index (χ1) is 19.5. The van der Waals surface area contributed by atoms with Crippen LogP contribution in [0.3, 0.4) is 0 Å². The number of nitrogens with zero attached hydrogens (tertiary/aromatic N) is 7. The van der Waals surface area contributed by atoms with Crippen molar-refractivity contribution >= 4 is 23.5 Å². The van der Waals surface area contributed by atoms with Crippen LogP contribution in [0.4, 0.5) is 22.2 Å². The molecule has 0 radical (unpaired) electrons. The number of aryl methyl sites for hydroxylation is 1. The molecule has 2 fully saturated rings. The lowest BCUT2D eigenvalue weighted by Crippen LogP contribution is -2.64. The van der Waals surface area contributed by atoms with Gasteiger partial charge >= 0.3 is 12.1 Å². The summed E-state index contributed by atoms with van der Waals surface area (Å²) in [5.74, 6) is 1.02. The highest BCUT2D eigenvalue weighted by Gasteiger charge is 2.43. The fourth-order valence-electron chi connectivity index (χ4n) is 5.60. The van der Waals surface area contributed by atoms with Crippen molar-refractivity contribution in [1.29, 1.82) is 0 Å². The van der Waals surface area contributed by atoms with Crippen LogP contribution in [-0.2, 0) is 4.74 Å². The van der Waals surface area contributed by atoms with Crippen LogP contribution in [0.25, 0.3) is 11.4 Å². The molecule has 0 bridgehead atoms. The Morgan fingerprint density at radius 1 is 1.07 bits per heavy atom. The first-order valence-corrected chi connectivity index (χ1v) is 14.1. The minimum absolute atomic E-state index is 0.0325.